The van der Waals surface area contributed by atoms with Crippen molar-refractivity contribution in [3.63, 3.8) is 0 Å². The average Bonchev–Trinajstić information content (AvgIpc) is 3.18. The molecule has 0 aliphatic carbocycles. The second-order valence-electron chi connectivity index (χ2n) is 10.0. The number of anilines is 1. The van der Waals surface area contributed by atoms with Crippen molar-refractivity contribution in [3.8, 4) is 5.75 Å². The maximum Gasteiger partial charge on any atom is 0.225 e. The zero-order chi connectivity index (χ0) is 25.6. The first-order chi connectivity index (χ1) is 18.1. The van der Waals surface area contributed by atoms with E-state index in [-0.39, 0.29) is 17.6 Å². The van der Waals surface area contributed by atoms with Gasteiger partial charge in [-0.3, -0.25) is 4.79 Å². The van der Waals surface area contributed by atoms with Gasteiger partial charge in [0.25, 0.3) is 0 Å². The number of unbranched alkanes of at least 4 members (excludes halogenated alkanes) is 5. The Morgan fingerprint density at radius 3 is 2.57 bits per heavy atom. The highest BCUT2D eigenvalue weighted by molar-refractivity contribution is 6.06. The maximum atomic E-state index is 13.8. The van der Waals surface area contributed by atoms with Crippen LogP contribution < -0.4 is 10.1 Å². The molecule has 0 saturated heterocycles. The quantitative estimate of drug-likeness (QED) is 0.213. The van der Waals surface area contributed by atoms with E-state index in [1.165, 1.54) is 38.2 Å². The molecule has 5 heteroatoms. The first kappa shape index (κ1) is 25.1. The average molecular weight is 499 g/mol. The fraction of sp³-hybridized carbons (Fsp3) is 0.344. The first-order valence-corrected chi connectivity index (χ1v) is 13.5. The van der Waals surface area contributed by atoms with Gasteiger partial charge in [-0.05, 0) is 59.5 Å². The van der Waals surface area contributed by atoms with Gasteiger partial charge in [-0.25, -0.2) is 4.39 Å². The molecule has 0 radical (unpaired) electrons. The number of ether oxygens (including phenoxy) is 1. The van der Waals surface area contributed by atoms with Crippen molar-refractivity contribution in [3.05, 3.63) is 95.4 Å². The summed E-state index contributed by atoms with van der Waals surface area (Å²) >= 11 is 0. The summed E-state index contributed by atoms with van der Waals surface area (Å²) in [5.41, 5.74) is 4.96. The van der Waals surface area contributed by atoms with Gasteiger partial charge in [0.1, 0.15) is 11.6 Å². The molecule has 0 fully saturated rings. The van der Waals surface area contributed by atoms with Gasteiger partial charge < -0.3 is 14.6 Å². The Labute approximate surface area is 218 Å². The van der Waals surface area contributed by atoms with Crippen LogP contribution in [-0.2, 0) is 11.3 Å². The molecule has 0 saturated carbocycles. The van der Waals surface area contributed by atoms with E-state index in [1.54, 1.807) is 12.1 Å². The van der Waals surface area contributed by atoms with E-state index in [4.69, 9.17) is 4.74 Å². The van der Waals surface area contributed by atoms with Crippen LogP contribution in [0.15, 0.2) is 72.9 Å². The van der Waals surface area contributed by atoms with E-state index < -0.39 is 0 Å². The number of benzene rings is 3. The summed E-state index contributed by atoms with van der Waals surface area (Å²) in [5.74, 6) is 0.561. The predicted molar refractivity (Wildman–Crippen MR) is 148 cm³/mol. The first-order valence-electron chi connectivity index (χ1n) is 13.5. The molecule has 37 heavy (non-hydrogen) atoms. The van der Waals surface area contributed by atoms with Gasteiger partial charge >= 0.3 is 0 Å². The Morgan fingerprint density at radius 1 is 0.973 bits per heavy atom. The van der Waals surface area contributed by atoms with E-state index in [2.05, 4.69) is 41.2 Å². The molecule has 5 rings (SSSR count). The summed E-state index contributed by atoms with van der Waals surface area (Å²) in [7, 11) is 0. The number of halogens is 1. The number of rotatable bonds is 11. The molecule has 1 N–H and O–H groups in total. The molecule has 4 nitrogen and oxygen atoms in total. The van der Waals surface area contributed by atoms with E-state index in [1.807, 2.05) is 30.3 Å². The lowest BCUT2D eigenvalue weighted by Crippen LogP contribution is -2.14. The summed E-state index contributed by atoms with van der Waals surface area (Å²) in [6, 6.07) is 20.9. The molecular formula is C32H35FN2O2. The number of nitrogens with one attached hydrogen (secondary N) is 1. The fourth-order valence-corrected chi connectivity index (χ4v) is 5.38. The highest BCUT2D eigenvalue weighted by Crippen LogP contribution is 2.41. The van der Waals surface area contributed by atoms with Crippen molar-refractivity contribution in [1.29, 1.82) is 0 Å². The van der Waals surface area contributed by atoms with Crippen LogP contribution in [0.5, 0.6) is 5.75 Å². The SMILES string of the molecule is CCCCCCCCOc1ccc([C@H]2CC(=O)Nc3cccc4c3c2cn4Cc2cccc(F)c2)cc1. The third-order valence-corrected chi connectivity index (χ3v) is 7.27. The van der Waals surface area contributed by atoms with Gasteiger partial charge in [-0.1, -0.05) is 69.4 Å². The maximum absolute atomic E-state index is 13.8. The molecule has 1 amide bonds. The monoisotopic (exact) mass is 498 g/mol. The Balaban J connectivity index is 1.37. The summed E-state index contributed by atoms with van der Waals surface area (Å²) in [5, 5.41) is 4.15. The molecule has 2 heterocycles. The van der Waals surface area contributed by atoms with Crippen LogP contribution in [0.1, 0.15) is 74.5 Å². The van der Waals surface area contributed by atoms with Gasteiger partial charge in [0.05, 0.1) is 17.8 Å². The van der Waals surface area contributed by atoms with Crippen LogP contribution in [0.2, 0.25) is 0 Å². The lowest BCUT2D eigenvalue weighted by Gasteiger charge is -2.15. The molecular weight excluding hydrogens is 463 g/mol. The second-order valence-corrected chi connectivity index (χ2v) is 10.0. The molecule has 1 aromatic heterocycles. The van der Waals surface area contributed by atoms with Crippen molar-refractivity contribution in [2.45, 2.75) is 64.3 Å². The minimum absolute atomic E-state index is 0.00813. The van der Waals surface area contributed by atoms with Crippen LogP contribution in [0, 0.1) is 5.82 Å². The van der Waals surface area contributed by atoms with Crippen LogP contribution in [-0.4, -0.2) is 17.1 Å². The number of aromatic nitrogens is 1. The van der Waals surface area contributed by atoms with Crippen molar-refractivity contribution < 1.29 is 13.9 Å². The van der Waals surface area contributed by atoms with Crippen molar-refractivity contribution in [2.24, 2.45) is 0 Å². The van der Waals surface area contributed by atoms with E-state index >= 15 is 0 Å². The number of amides is 1. The van der Waals surface area contributed by atoms with E-state index in [0.717, 1.165) is 52.1 Å². The number of nitrogens with zero attached hydrogens (tertiary/aromatic N) is 1. The van der Waals surface area contributed by atoms with Gasteiger partial charge in [0, 0.05) is 30.5 Å². The zero-order valence-corrected chi connectivity index (χ0v) is 21.5. The number of carbonyl (C=O) groups excluding carboxylic acids is 1. The molecule has 192 valence electrons. The topological polar surface area (TPSA) is 43.3 Å². The van der Waals surface area contributed by atoms with E-state index in [9.17, 15) is 9.18 Å². The van der Waals surface area contributed by atoms with Gasteiger partial charge in [-0.2, -0.15) is 0 Å². The normalized spacial score (nSPS) is 15.0. The van der Waals surface area contributed by atoms with E-state index in [0.29, 0.717) is 13.0 Å². The zero-order valence-electron chi connectivity index (χ0n) is 21.5. The predicted octanol–water partition coefficient (Wildman–Crippen LogP) is 8.04. The van der Waals surface area contributed by atoms with Crippen LogP contribution in [0.4, 0.5) is 10.1 Å². The minimum atomic E-state index is -0.236. The summed E-state index contributed by atoms with van der Waals surface area (Å²) < 4.78 is 22.0. The molecule has 0 bridgehead atoms. The molecule has 1 aliphatic heterocycles. The van der Waals surface area contributed by atoms with Crippen LogP contribution in [0.25, 0.3) is 10.9 Å². The van der Waals surface area contributed by atoms with Crippen molar-refractivity contribution in [1.82, 2.24) is 4.57 Å². The smallest absolute Gasteiger partial charge is 0.225 e. The molecule has 3 aromatic carbocycles. The Hall–Kier alpha value is -3.60. The molecule has 4 aromatic rings. The molecule has 1 aliphatic rings. The molecule has 0 unspecified atom stereocenters. The molecule has 0 spiro atoms. The molecule has 1 atom stereocenters. The highest BCUT2D eigenvalue weighted by atomic mass is 19.1. The lowest BCUT2D eigenvalue weighted by atomic mass is 9.88. The lowest BCUT2D eigenvalue weighted by molar-refractivity contribution is -0.116. The number of carbonyl (C=O) groups is 1. The highest BCUT2D eigenvalue weighted by Gasteiger charge is 2.28. The Bertz CT molecular complexity index is 1360. The van der Waals surface area contributed by atoms with Crippen molar-refractivity contribution >= 4 is 22.5 Å². The summed E-state index contributed by atoms with van der Waals surface area (Å²) in [4.78, 5) is 12.8. The second kappa shape index (κ2) is 11.6. The standard InChI is InChI=1S/C32H35FN2O2/c1-2-3-4-5-6-7-18-37-26-16-14-24(15-17-26)27-20-31(36)34-29-12-9-13-30-32(29)28(27)22-35(30)21-23-10-8-11-25(33)19-23/h8-17,19,22,27H,2-7,18,20-21H2,1H3,(H,34,36)/t27-/m1/s1. The minimum Gasteiger partial charge on any atom is -0.494 e. The van der Waals surface area contributed by atoms with Crippen molar-refractivity contribution in [2.75, 3.05) is 11.9 Å². The van der Waals surface area contributed by atoms with Gasteiger partial charge in [0.2, 0.25) is 5.91 Å². The fourth-order valence-electron chi connectivity index (χ4n) is 5.38. The van der Waals surface area contributed by atoms with Crippen LogP contribution >= 0.6 is 0 Å². The summed E-state index contributed by atoms with van der Waals surface area (Å²) in [6.07, 6.45) is 9.93. The Morgan fingerprint density at radius 2 is 1.76 bits per heavy atom. The van der Waals surface area contributed by atoms with Crippen LogP contribution in [0.3, 0.4) is 0 Å². The number of hydrogen-bond donors (Lipinski definition) is 1. The van der Waals surface area contributed by atoms with Gasteiger partial charge in [0.15, 0.2) is 0 Å². The Kier molecular flexibility index (Phi) is 7.88. The summed E-state index contributed by atoms with van der Waals surface area (Å²) in [6.45, 7) is 3.52. The largest absolute Gasteiger partial charge is 0.494 e. The third-order valence-electron chi connectivity index (χ3n) is 7.27. The third kappa shape index (κ3) is 5.87. The number of hydrogen-bond acceptors (Lipinski definition) is 2. The van der Waals surface area contributed by atoms with Gasteiger partial charge in [-0.15, -0.1) is 0 Å².